The van der Waals surface area contributed by atoms with E-state index >= 15 is 0 Å². The van der Waals surface area contributed by atoms with Crippen LogP contribution in [-0.2, 0) is 4.79 Å². The van der Waals surface area contributed by atoms with E-state index in [9.17, 15) is 9.90 Å². The van der Waals surface area contributed by atoms with Gasteiger partial charge < -0.3 is 5.11 Å². The molecule has 17 heavy (non-hydrogen) atoms. The monoisotopic (exact) mass is 265 g/mol. The molecule has 0 bridgehead atoms. The van der Waals surface area contributed by atoms with E-state index in [1.807, 2.05) is 13.0 Å². The normalized spacial score (nSPS) is 18.2. The number of rotatable bonds is 1. The maximum atomic E-state index is 11.8. The van der Waals surface area contributed by atoms with Crippen LogP contribution in [0.3, 0.4) is 0 Å². The summed E-state index contributed by atoms with van der Waals surface area (Å²) in [6.45, 7) is 1.82. The molecule has 1 aliphatic rings. The van der Waals surface area contributed by atoms with Gasteiger partial charge in [-0.1, -0.05) is 30.0 Å². The molecule has 1 N–H and O–H groups in total. The van der Waals surface area contributed by atoms with Crippen LogP contribution in [0.2, 0.25) is 0 Å². The third-order valence-corrected chi connectivity index (χ3v) is 3.99. The number of thiocarbonyl (C=S) groups is 1. The summed E-state index contributed by atoms with van der Waals surface area (Å²) in [7, 11) is 1.67. The minimum Gasteiger partial charge on any atom is -0.508 e. The third kappa shape index (κ3) is 2.35. The van der Waals surface area contributed by atoms with Gasteiger partial charge in [0.2, 0.25) is 0 Å². The van der Waals surface area contributed by atoms with Crippen molar-refractivity contribution in [3.63, 3.8) is 0 Å². The summed E-state index contributed by atoms with van der Waals surface area (Å²) >= 11 is 6.34. The highest BCUT2D eigenvalue weighted by atomic mass is 32.2. The van der Waals surface area contributed by atoms with Crippen molar-refractivity contribution in [1.29, 1.82) is 0 Å². The molecule has 0 aromatic heterocycles. The van der Waals surface area contributed by atoms with E-state index in [1.165, 1.54) is 16.7 Å². The van der Waals surface area contributed by atoms with Crippen LogP contribution < -0.4 is 0 Å². The van der Waals surface area contributed by atoms with Crippen LogP contribution in [0, 0.1) is 6.92 Å². The topological polar surface area (TPSA) is 40.5 Å². The fraction of sp³-hybridized carbons (Fsp3) is 0.167. The van der Waals surface area contributed by atoms with Gasteiger partial charge in [-0.3, -0.25) is 9.69 Å². The molecule has 0 saturated carbocycles. The number of phenolic OH excluding ortho intramolecular Hbond substituents is 1. The van der Waals surface area contributed by atoms with Gasteiger partial charge in [0.25, 0.3) is 5.91 Å². The van der Waals surface area contributed by atoms with E-state index in [2.05, 4.69) is 0 Å². The molecule has 5 heteroatoms. The van der Waals surface area contributed by atoms with Crippen LogP contribution >= 0.6 is 24.0 Å². The number of phenols is 1. The van der Waals surface area contributed by atoms with E-state index < -0.39 is 0 Å². The Morgan fingerprint density at radius 1 is 1.47 bits per heavy atom. The van der Waals surface area contributed by atoms with Gasteiger partial charge in [-0.25, -0.2) is 0 Å². The van der Waals surface area contributed by atoms with E-state index in [0.29, 0.717) is 9.23 Å². The van der Waals surface area contributed by atoms with Crippen molar-refractivity contribution in [2.24, 2.45) is 0 Å². The lowest BCUT2D eigenvalue weighted by atomic mass is 10.1. The molecular formula is C12H11NO2S2. The van der Waals surface area contributed by atoms with Crippen LogP contribution in [0.1, 0.15) is 11.1 Å². The highest BCUT2D eigenvalue weighted by Gasteiger charge is 2.28. The Balaban J connectivity index is 2.34. The lowest BCUT2D eigenvalue weighted by Gasteiger charge is -2.03. The molecule has 1 fully saturated rings. The largest absolute Gasteiger partial charge is 0.508 e. The first kappa shape index (κ1) is 12.1. The molecule has 3 nitrogen and oxygen atoms in total. The number of aromatic hydroxyl groups is 1. The van der Waals surface area contributed by atoms with Crippen LogP contribution in [-0.4, -0.2) is 27.3 Å². The highest BCUT2D eigenvalue weighted by Crippen LogP contribution is 2.31. The smallest absolute Gasteiger partial charge is 0.265 e. The van der Waals surface area contributed by atoms with Gasteiger partial charge in [-0.15, -0.1) is 0 Å². The Morgan fingerprint density at radius 2 is 2.18 bits per heavy atom. The molecule has 1 aliphatic heterocycles. The number of carbonyl (C=O) groups is 1. The number of carbonyl (C=O) groups excluding carboxylic acids is 1. The van der Waals surface area contributed by atoms with Gasteiger partial charge in [0.15, 0.2) is 0 Å². The molecule has 1 aromatic rings. The summed E-state index contributed by atoms with van der Waals surface area (Å²) in [4.78, 5) is 13.8. The Hall–Kier alpha value is -1.33. The number of aryl methyl sites for hydroxylation is 1. The minimum absolute atomic E-state index is 0.0780. The Labute approximate surface area is 109 Å². The molecule has 1 heterocycles. The van der Waals surface area contributed by atoms with Crippen LogP contribution in [0.5, 0.6) is 5.75 Å². The molecule has 0 spiro atoms. The number of hydrogen-bond donors (Lipinski definition) is 1. The van der Waals surface area contributed by atoms with Gasteiger partial charge in [0, 0.05) is 7.05 Å². The third-order valence-electron chi connectivity index (χ3n) is 2.51. The first-order valence-electron chi connectivity index (χ1n) is 5.00. The maximum Gasteiger partial charge on any atom is 0.265 e. The Bertz CT molecular complexity index is 537. The summed E-state index contributed by atoms with van der Waals surface area (Å²) in [6.07, 6.45) is 1.79. The van der Waals surface area contributed by atoms with Crippen LogP contribution in [0.15, 0.2) is 23.1 Å². The second kappa shape index (κ2) is 4.50. The lowest BCUT2D eigenvalue weighted by molar-refractivity contribution is -0.121. The summed E-state index contributed by atoms with van der Waals surface area (Å²) < 4.78 is 0.566. The fourth-order valence-electron chi connectivity index (χ4n) is 1.47. The summed E-state index contributed by atoms with van der Waals surface area (Å²) in [6, 6.07) is 5.22. The van der Waals surface area contributed by atoms with Gasteiger partial charge in [-0.05, 0) is 36.3 Å². The first-order chi connectivity index (χ1) is 7.99. The zero-order valence-electron chi connectivity index (χ0n) is 9.43. The molecule has 2 rings (SSSR count). The number of likely N-dealkylation sites (N-methyl/N-ethyl adjacent to an activating group) is 1. The molecule has 1 saturated heterocycles. The highest BCUT2D eigenvalue weighted by molar-refractivity contribution is 8.26. The summed E-state index contributed by atoms with van der Waals surface area (Å²) in [5.74, 6) is 0.177. The molecule has 1 aromatic carbocycles. The van der Waals surface area contributed by atoms with E-state index in [4.69, 9.17) is 12.2 Å². The quantitative estimate of drug-likeness (QED) is 0.626. The van der Waals surface area contributed by atoms with Crippen molar-refractivity contribution in [3.8, 4) is 5.75 Å². The van der Waals surface area contributed by atoms with E-state index in [-0.39, 0.29) is 11.7 Å². The van der Waals surface area contributed by atoms with Crippen LogP contribution in [0.4, 0.5) is 0 Å². The lowest BCUT2D eigenvalue weighted by Crippen LogP contribution is -2.22. The SMILES string of the molecule is Cc1cc(/C=C2\SC(=S)N(C)C2=O)ccc1O. The Morgan fingerprint density at radius 3 is 2.71 bits per heavy atom. The standard InChI is InChI=1S/C12H11NO2S2/c1-7-5-8(3-4-9(7)14)6-10-11(15)13(2)12(16)17-10/h3-6,14H,1-2H3/b10-6-. The van der Waals surface area contributed by atoms with Crippen molar-refractivity contribution < 1.29 is 9.90 Å². The van der Waals surface area contributed by atoms with Gasteiger partial charge >= 0.3 is 0 Å². The number of benzene rings is 1. The zero-order valence-corrected chi connectivity index (χ0v) is 11.1. The zero-order chi connectivity index (χ0) is 12.6. The van der Waals surface area contributed by atoms with Crippen molar-refractivity contribution in [2.45, 2.75) is 6.92 Å². The number of amides is 1. The van der Waals surface area contributed by atoms with Crippen molar-refractivity contribution in [2.75, 3.05) is 7.05 Å². The van der Waals surface area contributed by atoms with Crippen LogP contribution in [0.25, 0.3) is 6.08 Å². The predicted molar refractivity (Wildman–Crippen MR) is 73.8 cm³/mol. The molecule has 0 unspecified atom stereocenters. The van der Waals surface area contributed by atoms with Crippen molar-refractivity contribution >= 4 is 40.3 Å². The molecule has 0 atom stereocenters. The molecule has 1 amide bonds. The Kier molecular flexibility index (Phi) is 3.22. The summed E-state index contributed by atoms with van der Waals surface area (Å²) in [5, 5.41) is 9.42. The number of nitrogens with zero attached hydrogens (tertiary/aromatic N) is 1. The van der Waals surface area contributed by atoms with Crippen molar-refractivity contribution in [1.82, 2.24) is 4.90 Å². The molecule has 88 valence electrons. The average Bonchev–Trinajstić information content (AvgIpc) is 2.52. The van der Waals surface area contributed by atoms with E-state index in [0.717, 1.165) is 11.1 Å². The molecule has 0 aliphatic carbocycles. The average molecular weight is 265 g/mol. The van der Waals surface area contributed by atoms with Crippen molar-refractivity contribution in [3.05, 3.63) is 34.2 Å². The number of thioether (sulfide) groups is 1. The van der Waals surface area contributed by atoms with Gasteiger partial charge in [0.05, 0.1) is 4.91 Å². The molecular weight excluding hydrogens is 254 g/mol. The summed E-state index contributed by atoms with van der Waals surface area (Å²) in [5.41, 5.74) is 1.67. The second-order valence-corrected chi connectivity index (χ2v) is 5.46. The second-order valence-electron chi connectivity index (χ2n) is 3.79. The minimum atomic E-state index is -0.0780. The fourth-order valence-corrected chi connectivity index (χ4v) is 2.64. The number of hydrogen-bond acceptors (Lipinski definition) is 4. The maximum absolute atomic E-state index is 11.8. The predicted octanol–water partition coefficient (Wildman–Crippen LogP) is 2.53. The first-order valence-corrected chi connectivity index (χ1v) is 6.22. The van der Waals surface area contributed by atoms with E-state index in [1.54, 1.807) is 25.3 Å². The van der Waals surface area contributed by atoms with Gasteiger partial charge in [0.1, 0.15) is 10.1 Å². The van der Waals surface area contributed by atoms with Gasteiger partial charge in [-0.2, -0.15) is 0 Å². The molecule has 0 radical (unpaired) electrons.